The van der Waals surface area contributed by atoms with Crippen molar-refractivity contribution in [1.29, 1.82) is 0 Å². The zero-order valence-corrected chi connectivity index (χ0v) is 19.2. The fraction of sp³-hybridized carbons (Fsp3) is 0.200. The summed E-state index contributed by atoms with van der Waals surface area (Å²) in [7, 11) is 4.37. The number of non-ortho nitro benzene ring substituents is 1. The number of amides is 1. The molecule has 1 heterocycles. The van der Waals surface area contributed by atoms with Gasteiger partial charge in [-0.15, -0.1) is 0 Å². The van der Waals surface area contributed by atoms with Crippen molar-refractivity contribution in [3.8, 4) is 23.0 Å². The van der Waals surface area contributed by atoms with Crippen molar-refractivity contribution in [3.05, 3.63) is 81.4 Å². The van der Waals surface area contributed by atoms with Gasteiger partial charge in [-0.2, -0.15) is 0 Å². The minimum atomic E-state index is -0.603. The molecule has 0 fully saturated rings. The van der Waals surface area contributed by atoms with Crippen LogP contribution >= 0.6 is 0 Å². The van der Waals surface area contributed by atoms with E-state index in [9.17, 15) is 19.7 Å². The Bertz CT molecular complexity index is 1300. The molecule has 180 valence electrons. The number of nitrogens with one attached hydrogen (secondary N) is 1. The highest BCUT2D eigenvalue weighted by Gasteiger charge is 2.34. The van der Waals surface area contributed by atoms with E-state index < -0.39 is 16.9 Å². The maximum Gasteiger partial charge on any atom is 0.269 e. The summed E-state index contributed by atoms with van der Waals surface area (Å²) in [5.74, 6) is 0.607. The molecule has 1 aliphatic rings. The van der Waals surface area contributed by atoms with Crippen molar-refractivity contribution in [1.82, 2.24) is 0 Å². The Labute approximate surface area is 200 Å². The van der Waals surface area contributed by atoms with E-state index in [4.69, 9.17) is 18.9 Å². The van der Waals surface area contributed by atoms with Crippen molar-refractivity contribution in [2.45, 2.75) is 12.5 Å². The largest absolute Gasteiger partial charge is 0.493 e. The predicted octanol–water partition coefficient (Wildman–Crippen LogP) is 4.58. The summed E-state index contributed by atoms with van der Waals surface area (Å²) in [5.41, 5.74) is 1.61. The lowest BCUT2D eigenvalue weighted by molar-refractivity contribution is -0.384. The van der Waals surface area contributed by atoms with Crippen LogP contribution < -0.4 is 24.3 Å². The third kappa shape index (κ3) is 4.58. The fourth-order valence-electron chi connectivity index (χ4n) is 3.90. The van der Waals surface area contributed by atoms with Crippen LogP contribution in [0, 0.1) is 10.1 Å². The Morgan fingerprint density at radius 3 is 2.37 bits per heavy atom. The molecule has 1 atom stereocenters. The zero-order chi connectivity index (χ0) is 25.1. The molecular weight excluding hydrogens is 456 g/mol. The molecule has 1 aliphatic heterocycles. The third-order valence-electron chi connectivity index (χ3n) is 5.57. The summed E-state index contributed by atoms with van der Waals surface area (Å²) < 4.78 is 22.3. The number of nitro benzene ring substituents is 1. The minimum absolute atomic E-state index is 0.0542. The molecule has 10 heteroatoms. The van der Waals surface area contributed by atoms with Gasteiger partial charge in [0.2, 0.25) is 5.75 Å². The number of hydrogen-bond acceptors (Lipinski definition) is 8. The first-order valence-corrected chi connectivity index (χ1v) is 10.5. The zero-order valence-electron chi connectivity index (χ0n) is 19.2. The quantitative estimate of drug-likeness (QED) is 0.386. The number of carbonyl (C=O) groups is 2. The van der Waals surface area contributed by atoms with Crippen LogP contribution in [0.25, 0.3) is 0 Å². The number of fused-ring (bicyclic) bond motifs is 1. The lowest BCUT2D eigenvalue weighted by atomic mass is 9.94. The van der Waals surface area contributed by atoms with E-state index in [0.717, 1.165) is 0 Å². The van der Waals surface area contributed by atoms with Gasteiger partial charge < -0.3 is 24.3 Å². The highest BCUT2D eigenvalue weighted by molar-refractivity contribution is 6.05. The number of benzene rings is 3. The molecule has 0 saturated carbocycles. The van der Waals surface area contributed by atoms with E-state index in [1.165, 1.54) is 45.6 Å². The molecule has 0 radical (unpaired) electrons. The summed E-state index contributed by atoms with van der Waals surface area (Å²) in [6.45, 7) is 0. The van der Waals surface area contributed by atoms with Crippen LogP contribution in [0.2, 0.25) is 0 Å². The van der Waals surface area contributed by atoms with Crippen molar-refractivity contribution < 1.29 is 33.5 Å². The number of ether oxygens (including phenoxy) is 4. The Balaban J connectivity index is 1.58. The molecule has 0 spiro atoms. The van der Waals surface area contributed by atoms with Crippen molar-refractivity contribution >= 4 is 23.1 Å². The maximum absolute atomic E-state index is 13.1. The van der Waals surface area contributed by atoms with Gasteiger partial charge >= 0.3 is 0 Å². The molecule has 1 unspecified atom stereocenters. The Hall–Kier alpha value is -4.60. The van der Waals surface area contributed by atoms with E-state index in [-0.39, 0.29) is 34.8 Å². The number of hydrogen-bond donors (Lipinski definition) is 1. The maximum atomic E-state index is 13.1. The van der Waals surface area contributed by atoms with Gasteiger partial charge in [-0.1, -0.05) is 12.1 Å². The first-order chi connectivity index (χ1) is 16.9. The second-order valence-electron chi connectivity index (χ2n) is 7.64. The van der Waals surface area contributed by atoms with Gasteiger partial charge in [0.25, 0.3) is 11.6 Å². The van der Waals surface area contributed by atoms with E-state index in [1.807, 2.05) is 0 Å². The molecule has 3 aromatic carbocycles. The first-order valence-electron chi connectivity index (χ1n) is 10.5. The van der Waals surface area contributed by atoms with Crippen LogP contribution in [0.15, 0.2) is 54.6 Å². The molecule has 4 rings (SSSR count). The lowest BCUT2D eigenvalue weighted by Gasteiger charge is -2.28. The SMILES string of the molecule is COc1cc2c(c(OC)c1OC)C(=O)CC(c1cccc(NC(=O)c3ccc([N+](=O)[O-])cc3)c1)O2. The van der Waals surface area contributed by atoms with Crippen molar-refractivity contribution in [2.75, 3.05) is 26.6 Å². The summed E-state index contributed by atoms with van der Waals surface area (Å²) in [4.78, 5) is 35.9. The normalized spacial score (nSPS) is 14.4. The van der Waals surface area contributed by atoms with Gasteiger partial charge in [0.05, 0.1) is 32.7 Å². The average Bonchev–Trinajstić information content (AvgIpc) is 2.87. The van der Waals surface area contributed by atoms with Crippen molar-refractivity contribution in [3.63, 3.8) is 0 Å². The standard InChI is InChI=1S/C25H22N2O8/c1-32-21-13-20-22(24(34-3)23(21)33-2)18(28)12-19(35-20)15-5-4-6-16(11-15)26-25(29)14-7-9-17(10-8-14)27(30)31/h4-11,13,19H,12H2,1-3H3,(H,26,29). The highest BCUT2D eigenvalue weighted by atomic mass is 16.6. The van der Waals surface area contributed by atoms with Gasteiger partial charge in [0, 0.05) is 29.4 Å². The third-order valence-corrected chi connectivity index (χ3v) is 5.57. The van der Waals surface area contributed by atoms with Crippen LogP contribution in [-0.4, -0.2) is 37.9 Å². The Morgan fingerprint density at radius 2 is 1.74 bits per heavy atom. The number of nitrogens with zero attached hydrogens (tertiary/aromatic N) is 1. The molecule has 1 N–H and O–H groups in total. The van der Waals surface area contributed by atoms with Crippen LogP contribution in [0.1, 0.15) is 38.8 Å². The summed E-state index contributed by atoms with van der Waals surface area (Å²) in [5, 5.41) is 13.6. The topological polar surface area (TPSA) is 126 Å². The number of ketones is 1. The molecule has 0 aromatic heterocycles. The average molecular weight is 478 g/mol. The van der Waals surface area contributed by atoms with Gasteiger partial charge in [-0.05, 0) is 29.8 Å². The summed E-state index contributed by atoms with van der Waals surface area (Å²) in [6, 6.07) is 13.8. The molecule has 10 nitrogen and oxygen atoms in total. The monoisotopic (exact) mass is 478 g/mol. The van der Waals surface area contributed by atoms with E-state index in [0.29, 0.717) is 28.5 Å². The van der Waals surface area contributed by atoms with E-state index in [2.05, 4.69) is 5.32 Å². The molecule has 3 aromatic rings. The van der Waals surface area contributed by atoms with Gasteiger partial charge in [0.15, 0.2) is 17.3 Å². The van der Waals surface area contributed by atoms with Crippen LogP contribution in [-0.2, 0) is 0 Å². The molecular formula is C25H22N2O8. The summed E-state index contributed by atoms with van der Waals surface area (Å²) >= 11 is 0. The minimum Gasteiger partial charge on any atom is -0.493 e. The Kier molecular flexibility index (Phi) is 6.54. The van der Waals surface area contributed by atoms with Crippen LogP contribution in [0.5, 0.6) is 23.0 Å². The highest BCUT2D eigenvalue weighted by Crippen LogP contribution is 2.49. The van der Waals surface area contributed by atoms with Crippen LogP contribution in [0.4, 0.5) is 11.4 Å². The van der Waals surface area contributed by atoms with Gasteiger partial charge in [-0.25, -0.2) is 0 Å². The predicted molar refractivity (Wildman–Crippen MR) is 126 cm³/mol. The molecule has 1 amide bonds. The lowest BCUT2D eigenvalue weighted by Crippen LogP contribution is -2.22. The molecule has 0 bridgehead atoms. The van der Waals surface area contributed by atoms with E-state index in [1.54, 1.807) is 30.3 Å². The second-order valence-corrected chi connectivity index (χ2v) is 7.64. The first kappa shape index (κ1) is 23.6. The number of rotatable bonds is 7. The fourth-order valence-corrected chi connectivity index (χ4v) is 3.90. The van der Waals surface area contributed by atoms with Gasteiger partial charge in [0.1, 0.15) is 17.4 Å². The number of Topliss-reactive ketones (excluding diaryl/α,β-unsaturated/α-hetero) is 1. The Morgan fingerprint density at radius 1 is 1.03 bits per heavy atom. The number of carbonyl (C=O) groups excluding carboxylic acids is 2. The number of methoxy groups -OCH3 is 3. The van der Waals surface area contributed by atoms with Crippen LogP contribution in [0.3, 0.4) is 0 Å². The van der Waals surface area contributed by atoms with Crippen molar-refractivity contribution in [2.24, 2.45) is 0 Å². The molecule has 0 saturated heterocycles. The van der Waals surface area contributed by atoms with E-state index >= 15 is 0 Å². The molecule has 35 heavy (non-hydrogen) atoms. The smallest absolute Gasteiger partial charge is 0.269 e. The number of nitro groups is 1. The summed E-state index contributed by atoms with van der Waals surface area (Å²) in [6.07, 6.45) is -0.549. The number of anilines is 1. The second kappa shape index (κ2) is 9.72. The molecule has 0 aliphatic carbocycles. The van der Waals surface area contributed by atoms with Gasteiger partial charge in [-0.3, -0.25) is 19.7 Å².